The van der Waals surface area contributed by atoms with E-state index in [-0.39, 0.29) is 5.92 Å². The largest absolute Gasteiger partial charge is 0.494 e. The third kappa shape index (κ3) is 5.23. The number of nitrogens with one attached hydrogen (secondary N) is 1. The van der Waals surface area contributed by atoms with E-state index in [1.54, 1.807) is 12.4 Å². The fourth-order valence-electron chi connectivity index (χ4n) is 4.20. The van der Waals surface area contributed by atoms with E-state index in [0.717, 1.165) is 54.6 Å². The molecular formula is C25H29N5O2. The lowest BCUT2D eigenvalue weighted by Gasteiger charge is -2.32. The number of aliphatic imine (C=N–C) groups is 1. The van der Waals surface area contributed by atoms with Gasteiger partial charge in [-0.2, -0.15) is 4.99 Å². The predicted molar refractivity (Wildman–Crippen MR) is 128 cm³/mol. The van der Waals surface area contributed by atoms with Gasteiger partial charge in [0.15, 0.2) is 0 Å². The standard InChI is InChI=1S/C25H29N5O2/c1-2-32-23-11-4-3-7-19(23)16-30-14-6-9-20(17-30)24(26)29-25(31)28-22-10-5-8-18-15-27-13-12-21(18)22/h3-5,7-8,10-13,15,20H,2,6,9,14,16-17H2,1H3,(H3,26,28,29,31). The lowest BCUT2D eigenvalue weighted by atomic mass is 9.96. The fourth-order valence-corrected chi connectivity index (χ4v) is 4.20. The summed E-state index contributed by atoms with van der Waals surface area (Å²) in [5.41, 5.74) is 8.14. The number of ether oxygens (including phenoxy) is 1. The highest BCUT2D eigenvalue weighted by Gasteiger charge is 2.24. The number of nitrogens with two attached hydrogens (primary N) is 1. The molecule has 1 aliphatic rings. The van der Waals surface area contributed by atoms with E-state index in [0.29, 0.717) is 18.1 Å². The van der Waals surface area contributed by atoms with Crippen molar-refractivity contribution in [2.75, 3.05) is 25.0 Å². The van der Waals surface area contributed by atoms with E-state index in [1.165, 1.54) is 0 Å². The number of likely N-dealkylation sites (tertiary alicyclic amines) is 1. The normalized spacial score (nSPS) is 17.3. The third-order valence-corrected chi connectivity index (χ3v) is 5.74. The molecule has 4 rings (SSSR count). The number of fused-ring (bicyclic) bond motifs is 1. The Hall–Kier alpha value is -3.45. The van der Waals surface area contributed by atoms with E-state index in [9.17, 15) is 4.79 Å². The van der Waals surface area contributed by atoms with Crippen molar-refractivity contribution < 1.29 is 9.53 Å². The van der Waals surface area contributed by atoms with Crippen molar-refractivity contribution in [3.63, 3.8) is 0 Å². The smallest absolute Gasteiger partial charge is 0.347 e. The topological polar surface area (TPSA) is 92.8 Å². The summed E-state index contributed by atoms with van der Waals surface area (Å²) in [5, 5.41) is 4.74. The summed E-state index contributed by atoms with van der Waals surface area (Å²) in [4.78, 5) is 23.2. The Morgan fingerprint density at radius 1 is 1.25 bits per heavy atom. The summed E-state index contributed by atoms with van der Waals surface area (Å²) in [7, 11) is 0. The molecule has 7 heteroatoms. The van der Waals surface area contributed by atoms with Gasteiger partial charge in [0, 0.05) is 47.7 Å². The lowest BCUT2D eigenvalue weighted by Crippen LogP contribution is -2.41. The zero-order valence-electron chi connectivity index (χ0n) is 18.3. The maximum atomic E-state index is 12.6. The van der Waals surface area contributed by atoms with Gasteiger partial charge < -0.3 is 15.8 Å². The molecule has 1 atom stereocenters. The molecule has 166 valence electrons. The first kappa shape index (κ1) is 21.8. The number of anilines is 1. The molecule has 3 aromatic rings. The molecule has 0 radical (unpaired) electrons. The number of rotatable bonds is 6. The van der Waals surface area contributed by atoms with Crippen LogP contribution in [0.2, 0.25) is 0 Å². The maximum absolute atomic E-state index is 12.6. The molecule has 1 unspecified atom stereocenters. The number of carbonyl (C=O) groups excluding carboxylic acids is 1. The van der Waals surface area contributed by atoms with Crippen molar-refractivity contribution in [2.45, 2.75) is 26.3 Å². The number of pyridine rings is 1. The lowest BCUT2D eigenvalue weighted by molar-refractivity contribution is 0.193. The molecule has 3 N–H and O–H groups in total. The van der Waals surface area contributed by atoms with E-state index in [2.05, 4.69) is 26.3 Å². The number of carbonyl (C=O) groups is 1. The van der Waals surface area contributed by atoms with Crippen molar-refractivity contribution in [3.8, 4) is 5.75 Å². The average molecular weight is 432 g/mol. The van der Waals surface area contributed by atoms with Gasteiger partial charge in [-0.15, -0.1) is 0 Å². The minimum atomic E-state index is -0.453. The molecule has 0 aliphatic carbocycles. The summed E-state index contributed by atoms with van der Waals surface area (Å²) in [6, 6.07) is 15.2. The van der Waals surface area contributed by atoms with Crippen LogP contribution in [0.5, 0.6) is 5.75 Å². The Morgan fingerprint density at radius 3 is 3.00 bits per heavy atom. The molecule has 0 bridgehead atoms. The maximum Gasteiger partial charge on any atom is 0.347 e. The number of piperidine rings is 1. The number of para-hydroxylation sites is 1. The third-order valence-electron chi connectivity index (χ3n) is 5.74. The van der Waals surface area contributed by atoms with Gasteiger partial charge in [-0.05, 0) is 44.5 Å². The number of benzene rings is 2. The van der Waals surface area contributed by atoms with E-state index >= 15 is 0 Å². The van der Waals surface area contributed by atoms with E-state index < -0.39 is 6.03 Å². The highest BCUT2D eigenvalue weighted by atomic mass is 16.5. The van der Waals surface area contributed by atoms with Crippen molar-refractivity contribution in [3.05, 3.63) is 66.5 Å². The van der Waals surface area contributed by atoms with Crippen LogP contribution in [0.25, 0.3) is 10.8 Å². The van der Waals surface area contributed by atoms with Crippen LogP contribution in [0.15, 0.2) is 65.9 Å². The Morgan fingerprint density at radius 2 is 2.12 bits per heavy atom. The van der Waals surface area contributed by atoms with Crippen LogP contribution in [0.1, 0.15) is 25.3 Å². The van der Waals surface area contributed by atoms with Gasteiger partial charge in [0.25, 0.3) is 0 Å². The monoisotopic (exact) mass is 431 g/mol. The molecule has 32 heavy (non-hydrogen) atoms. The van der Waals surface area contributed by atoms with Gasteiger partial charge in [-0.3, -0.25) is 9.88 Å². The second-order valence-electron chi connectivity index (χ2n) is 7.98. The molecule has 1 saturated heterocycles. The van der Waals surface area contributed by atoms with Crippen LogP contribution in [0.3, 0.4) is 0 Å². The van der Waals surface area contributed by atoms with Gasteiger partial charge in [0.1, 0.15) is 11.6 Å². The number of amides is 2. The van der Waals surface area contributed by atoms with Crippen LogP contribution in [-0.4, -0.2) is 41.4 Å². The first-order valence-corrected chi connectivity index (χ1v) is 11.0. The van der Waals surface area contributed by atoms with Crippen LogP contribution in [0.4, 0.5) is 10.5 Å². The Labute approximate surface area is 188 Å². The van der Waals surface area contributed by atoms with Crippen molar-refractivity contribution in [2.24, 2.45) is 16.6 Å². The highest BCUT2D eigenvalue weighted by molar-refractivity contribution is 6.05. The van der Waals surface area contributed by atoms with Gasteiger partial charge >= 0.3 is 6.03 Å². The summed E-state index contributed by atoms with van der Waals surface area (Å²) < 4.78 is 5.76. The average Bonchev–Trinajstić information content (AvgIpc) is 2.81. The summed E-state index contributed by atoms with van der Waals surface area (Å²) in [6.07, 6.45) is 5.40. The SMILES string of the molecule is CCOc1ccccc1CN1CCCC(/C(N)=N/C(=O)Nc2cccc3cnccc23)C1. The zero-order chi connectivity index (χ0) is 22.3. The molecule has 0 saturated carbocycles. The van der Waals surface area contributed by atoms with Crippen molar-refractivity contribution in [1.29, 1.82) is 0 Å². The second kappa shape index (κ2) is 10.2. The quantitative estimate of drug-likeness (QED) is 0.445. The van der Waals surface area contributed by atoms with Crippen LogP contribution in [-0.2, 0) is 6.54 Å². The fraction of sp³-hybridized carbons (Fsp3) is 0.320. The Kier molecular flexibility index (Phi) is 6.97. The summed E-state index contributed by atoms with van der Waals surface area (Å²) >= 11 is 0. The van der Waals surface area contributed by atoms with E-state index in [1.807, 2.05) is 49.4 Å². The number of nitrogens with zero attached hydrogens (tertiary/aromatic N) is 3. The minimum absolute atomic E-state index is 0.0467. The molecule has 0 spiro atoms. The van der Waals surface area contributed by atoms with Gasteiger partial charge in [-0.25, -0.2) is 4.79 Å². The zero-order valence-corrected chi connectivity index (χ0v) is 18.3. The summed E-state index contributed by atoms with van der Waals surface area (Å²) in [5.74, 6) is 1.35. The molecule has 7 nitrogen and oxygen atoms in total. The van der Waals surface area contributed by atoms with Gasteiger partial charge in [0.2, 0.25) is 0 Å². The molecular weight excluding hydrogens is 402 g/mol. The van der Waals surface area contributed by atoms with Gasteiger partial charge in [-0.1, -0.05) is 30.3 Å². The highest BCUT2D eigenvalue weighted by Crippen LogP contribution is 2.25. The number of urea groups is 1. The minimum Gasteiger partial charge on any atom is -0.494 e. The first-order valence-electron chi connectivity index (χ1n) is 11.0. The van der Waals surface area contributed by atoms with Crippen molar-refractivity contribution in [1.82, 2.24) is 9.88 Å². The number of aromatic nitrogens is 1. The van der Waals surface area contributed by atoms with Crippen LogP contribution < -0.4 is 15.8 Å². The second-order valence-corrected chi connectivity index (χ2v) is 7.98. The number of amidine groups is 1. The first-order chi connectivity index (χ1) is 15.6. The molecule has 2 heterocycles. The number of hydrogen-bond acceptors (Lipinski definition) is 4. The summed E-state index contributed by atoms with van der Waals surface area (Å²) in [6.45, 7) is 5.17. The van der Waals surface area contributed by atoms with Gasteiger partial charge in [0.05, 0.1) is 12.3 Å². The van der Waals surface area contributed by atoms with E-state index in [4.69, 9.17) is 10.5 Å². The van der Waals surface area contributed by atoms with Crippen LogP contribution >= 0.6 is 0 Å². The number of hydrogen-bond donors (Lipinski definition) is 2. The van der Waals surface area contributed by atoms with Crippen LogP contribution in [0, 0.1) is 5.92 Å². The molecule has 2 aromatic carbocycles. The van der Waals surface area contributed by atoms with Crippen molar-refractivity contribution >= 4 is 28.3 Å². The Balaban J connectivity index is 1.41. The molecule has 1 fully saturated rings. The molecule has 1 aliphatic heterocycles. The Bertz CT molecular complexity index is 1110. The molecule has 1 aromatic heterocycles. The molecule has 2 amide bonds. The predicted octanol–water partition coefficient (Wildman–Crippen LogP) is 4.43.